The van der Waals surface area contributed by atoms with Crippen molar-refractivity contribution in [3.8, 4) is 5.69 Å². The van der Waals surface area contributed by atoms with Gasteiger partial charge in [-0.05, 0) is 50.2 Å². The number of benzene rings is 2. The van der Waals surface area contributed by atoms with E-state index in [0.29, 0.717) is 16.3 Å². The molecule has 0 saturated carbocycles. The third kappa shape index (κ3) is 3.25. The number of anilines is 1. The summed E-state index contributed by atoms with van der Waals surface area (Å²) in [5.74, 6) is -2.65. The lowest BCUT2D eigenvalue weighted by molar-refractivity contribution is 0.102. The minimum absolute atomic E-state index is 0.209. The smallest absolute Gasteiger partial charge is 0.255 e. The highest BCUT2D eigenvalue weighted by Crippen LogP contribution is 2.23. The van der Waals surface area contributed by atoms with Crippen LogP contribution in [-0.4, -0.2) is 15.7 Å². The number of nitrogens with zero attached hydrogens (tertiary/aromatic N) is 2. The summed E-state index contributed by atoms with van der Waals surface area (Å²) in [6.07, 6.45) is 0. The minimum Gasteiger partial charge on any atom is -0.319 e. The Morgan fingerprint density at radius 3 is 2.40 bits per heavy atom. The van der Waals surface area contributed by atoms with Crippen molar-refractivity contribution >= 4 is 23.2 Å². The van der Waals surface area contributed by atoms with E-state index in [1.807, 2.05) is 6.92 Å². The predicted molar refractivity (Wildman–Crippen MR) is 92.4 cm³/mol. The third-order valence-electron chi connectivity index (χ3n) is 3.78. The summed E-state index contributed by atoms with van der Waals surface area (Å²) in [6.45, 7) is 3.65. The monoisotopic (exact) mass is 361 g/mol. The molecule has 3 aromatic rings. The van der Waals surface area contributed by atoms with Gasteiger partial charge in [0.1, 0.15) is 0 Å². The highest BCUT2D eigenvalue weighted by atomic mass is 35.5. The molecule has 25 heavy (non-hydrogen) atoms. The number of aromatic nitrogens is 2. The second-order valence-corrected chi connectivity index (χ2v) is 5.88. The lowest BCUT2D eigenvalue weighted by Crippen LogP contribution is -2.13. The van der Waals surface area contributed by atoms with Crippen molar-refractivity contribution in [3.05, 3.63) is 76.1 Å². The summed E-state index contributed by atoms with van der Waals surface area (Å²) in [4.78, 5) is 12.2. The molecule has 0 aliphatic heterocycles. The molecule has 0 fully saturated rings. The van der Waals surface area contributed by atoms with Crippen LogP contribution in [0.1, 0.15) is 21.7 Å². The molecule has 0 aliphatic carbocycles. The van der Waals surface area contributed by atoms with Crippen LogP contribution in [0.2, 0.25) is 5.02 Å². The number of amides is 1. The Hall–Kier alpha value is -2.73. The normalized spacial score (nSPS) is 10.8. The zero-order chi connectivity index (χ0) is 18.1. The number of hydrogen-bond acceptors (Lipinski definition) is 2. The van der Waals surface area contributed by atoms with E-state index in [1.54, 1.807) is 35.9 Å². The SMILES string of the molecule is Cc1nn(-c2ccc(C(=O)Nc3cccc(F)c3F)cc2)c(C)c1Cl. The highest BCUT2D eigenvalue weighted by molar-refractivity contribution is 6.31. The van der Waals surface area contributed by atoms with E-state index in [2.05, 4.69) is 10.4 Å². The van der Waals surface area contributed by atoms with Gasteiger partial charge in [-0.1, -0.05) is 17.7 Å². The Morgan fingerprint density at radius 1 is 1.12 bits per heavy atom. The standard InChI is InChI=1S/C18H14ClF2N3O/c1-10-16(19)11(2)24(23-10)13-8-6-12(7-9-13)18(25)22-15-5-3-4-14(20)17(15)21/h3-9H,1-2H3,(H,22,25). The van der Waals surface area contributed by atoms with Gasteiger partial charge in [0.25, 0.3) is 5.91 Å². The predicted octanol–water partition coefficient (Wildman–Crippen LogP) is 4.67. The molecule has 1 amide bonds. The van der Waals surface area contributed by atoms with Crippen LogP contribution in [-0.2, 0) is 0 Å². The van der Waals surface area contributed by atoms with E-state index in [1.165, 1.54) is 12.1 Å². The fourth-order valence-electron chi connectivity index (χ4n) is 2.42. The Balaban J connectivity index is 1.83. The van der Waals surface area contributed by atoms with Crippen molar-refractivity contribution in [2.75, 3.05) is 5.32 Å². The Kier molecular flexibility index (Phi) is 4.55. The van der Waals surface area contributed by atoms with Crippen LogP contribution in [0.4, 0.5) is 14.5 Å². The number of carbonyl (C=O) groups is 1. The number of carbonyl (C=O) groups excluding carboxylic acids is 1. The summed E-state index contributed by atoms with van der Waals surface area (Å²) < 4.78 is 28.5. The van der Waals surface area contributed by atoms with Crippen LogP contribution < -0.4 is 5.32 Å². The van der Waals surface area contributed by atoms with Crippen molar-refractivity contribution in [2.24, 2.45) is 0 Å². The van der Waals surface area contributed by atoms with Gasteiger partial charge in [0.2, 0.25) is 0 Å². The van der Waals surface area contributed by atoms with E-state index in [9.17, 15) is 13.6 Å². The molecule has 3 rings (SSSR count). The molecule has 0 unspecified atom stereocenters. The topological polar surface area (TPSA) is 46.9 Å². The molecule has 0 saturated heterocycles. The van der Waals surface area contributed by atoms with E-state index in [-0.39, 0.29) is 5.69 Å². The van der Waals surface area contributed by atoms with E-state index < -0.39 is 17.5 Å². The lowest BCUT2D eigenvalue weighted by Gasteiger charge is -2.08. The maximum Gasteiger partial charge on any atom is 0.255 e. The Labute approximate surface area is 148 Å². The van der Waals surface area contributed by atoms with Gasteiger partial charge in [-0.3, -0.25) is 4.79 Å². The van der Waals surface area contributed by atoms with Crippen LogP contribution >= 0.6 is 11.6 Å². The van der Waals surface area contributed by atoms with Gasteiger partial charge in [0.05, 0.1) is 27.8 Å². The molecule has 1 aromatic heterocycles. The molecule has 0 bridgehead atoms. The van der Waals surface area contributed by atoms with E-state index >= 15 is 0 Å². The summed E-state index contributed by atoms with van der Waals surface area (Å²) >= 11 is 6.13. The van der Waals surface area contributed by atoms with Crippen LogP contribution in [0, 0.1) is 25.5 Å². The van der Waals surface area contributed by atoms with Crippen molar-refractivity contribution < 1.29 is 13.6 Å². The Morgan fingerprint density at radius 2 is 1.80 bits per heavy atom. The fraction of sp³-hybridized carbons (Fsp3) is 0.111. The third-order valence-corrected chi connectivity index (χ3v) is 4.32. The van der Waals surface area contributed by atoms with E-state index in [4.69, 9.17) is 11.6 Å². The quantitative estimate of drug-likeness (QED) is 0.736. The molecule has 0 radical (unpaired) electrons. The minimum atomic E-state index is -1.09. The van der Waals surface area contributed by atoms with Gasteiger partial charge in [-0.25, -0.2) is 13.5 Å². The van der Waals surface area contributed by atoms with Gasteiger partial charge in [0, 0.05) is 5.56 Å². The van der Waals surface area contributed by atoms with E-state index in [0.717, 1.165) is 17.4 Å². The maximum absolute atomic E-state index is 13.6. The van der Waals surface area contributed by atoms with Crippen LogP contribution in [0.25, 0.3) is 5.69 Å². The molecule has 0 atom stereocenters. The largest absolute Gasteiger partial charge is 0.319 e. The first kappa shape index (κ1) is 17.1. The number of halogens is 3. The van der Waals surface area contributed by atoms with Crippen LogP contribution in [0.15, 0.2) is 42.5 Å². The number of nitrogens with one attached hydrogen (secondary N) is 1. The number of hydrogen-bond donors (Lipinski definition) is 1. The highest BCUT2D eigenvalue weighted by Gasteiger charge is 2.14. The molecule has 4 nitrogen and oxygen atoms in total. The first-order valence-electron chi connectivity index (χ1n) is 7.46. The molecule has 1 heterocycles. The Bertz CT molecular complexity index is 952. The second-order valence-electron chi connectivity index (χ2n) is 5.50. The van der Waals surface area contributed by atoms with Crippen molar-refractivity contribution in [1.82, 2.24) is 9.78 Å². The van der Waals surface area contributed by atoms with Crippen molar-refractivity contribution in [1.29, 1.82) is 0 Å². The van der Waals surface area contributed by atoms with Crippen LogP contribution in [0.5, 0.6) is 0 Å². The molecule has 0 spiro atoms. The lowest BCUT2D eigenvalue weighted by atomic mass is 10.2. The zero-order valence-corrected chi connectivity index (χ0v) is 14.2. The van der Waals surface area contributed by atoms with Crippen LogP contribution in [0.3, 0.4) is 0 Å². The van der Waals surface area contributed by atoms with Gasteiger partial charge in [0.15, 0.2) is 11.6 Å². The maximum atomic E-state index is 13.6. The average Bonchev–Trinajstić information content (AvgIpc) is 2.86. The van der Waals surface area contributed by atoms with Crippen molar-refractivity contribution in [3.63, 3.8) is 0 Å². The molecule has 0 aliphatic rings. The average molecular weight is 362 g/mol. The zero-order valence-electron chi connectivity index (χ0n) is 13.5. The molecule has 128 valence electrons. The number of aryl methyl sites for hydroxylation is 1. The first-order valence-corrected chi connectivity index (χ1v) is 7.84. The molecule has 2 aromatic carbocycles. The van der Waals surface area contributed by atoms with Gasteiger partial charge < -0.3 is 5.32 Å². The first-order chi connectivity index (χ1) is 11.9. The summed E-state index contributed by atoms with van der Waals surface area (Å²) in [7, 11) is 0. The van der Waals surface area contributed by atoms with Gasteiger partial charge in [-0.2, -0.15) is 5.10 Å². The molecular formula is C18H14ClF2N3O. The summed E-state index contributed by atoms with van der Waals surface area (Å²) in [5.41, 5.74) is 2.33. The second kappa shape index (κ2) is 6.64. The molecular weight excluding hydrogens is 348 g/mol. The fourth-order valence-corrected chi connectivity index (χ4v) is 2.54. The van der Waals surface area contributed by atoms with Gasteiger partial charge >= 0.3 is 0 Å². The molecule has 7 heteroatoms. The van der Waals surface area contributed by atoms with Crippen molar-refractivity contribution in [2.45, 2.75) is 13.8 Å². The molecule has 1 N–H and O–H groups in total. The number of rotatable bonds is 3. The summed E-state index contributed by atoms with van der Waals surface area (Å²) in [6, 6.07) is 10.2. The van der Waals surface area contributed by atoms with Gasteiger partial charge in [-0.15, -0.1) is 0 Å². The summed E-state index contributed by atoms with van der Waals surface area (Å²) in [5, 5.41) is 7.28.